The van der Waals surface area contributed by atoms with Crippen molar-refractivity contribution < 1.29 is 14.5 Å². The molecule has 0 aromatic heterocycles. The lowest BCUT2D eigenvalue weighted by Gasteiger charge is -2.20. The summed E-state index contributed by atoms with van der Waals surface area (Å²) in [5.74, 6) is -0.273. The molecule has 0 bridgehead atoms. The van der Waals surface area contributed by atoms with Gasteiger partial charge in [-0.1, -0.05) is 18.2 Å². The molecule has 0 unspecified atom stereocenters. The summed E-state index contributed by atoms with van der Waals surface area (Å²) in [6.45, 7) is 6.41. The van der Waals surface area contributed by atoms with Crippen LogP contribution in [-0.4, -0.2) is 23.8 Å². The summed E-state index contributed by atoms with van der Waals surface area (Å²) < 4.78 is 5.40. The Balaban J connectivity index is 2.28. The highest BCUT2D eigenvalue weighted by Crippen LogP contribution is 2.14. The van der Waals surface area contributed by atoms with E-state index in [1.807, 2.05) is 39.0 Å². The number of fused-ring (bicyclic) bond motifs is 1. The molecule has 0 saturated carbocycles. The minimum absolute atomic E-state index is 0.273. The molecule has 0 aliphatic carbocycles. The van der Waals surface area contributed by atoms with Crippen molar-refractivity contribution in [3.05, 3.63) is 35.4 Å². The molecule has 0 radical (unpaired) electrons. The maximum Gasteiger partial charge on any atom is 0.404 e. The first-order chi connectivity index (χ1) is 7.97. The monoisotopic (exact) mass is 232 g/mol. The highest BCUT2D eigenvalue weighted by molar-refractivity contribution is 6.41. The minimum Gasteiger partial charge on any atom is -0.452 e. The van der Waals surface area contributed by atoms with E-state index in [0.717, 1.165) is 18.5 Å². The summed E-state index contributed by atoms with van der Waals surface area (Å²) in [5.41, 5.74) is 2.29. The van der Waals surface area contributed by atoms with Gasteiger partial charge in [0.15, 0.2) is 0 Å². The second-order valence-electron chi connectivity index (χ2n) is 5.21. The van der Waals surface area contributed by atoms with Crippen LogP contribution in [0.15, 0.2) is 24.3 Å². The second-order valence-corrected chi connectivity index (χ2v) is 5.21. The number of rotatable bonds is 1. The first kappa shape index (κ1) is 11.8. The van der Waals surface area contributed by atoms with Gasteiger partial charge < -0.3 is 4.74 Å². The van der Waals surface area contributed by atoms with Crippen LogP contribution in [0.5, 0.6) is 0 Å². The molecule has 3 nitrogen and oxygen atoms in total. The quantitative estimate of drug-likeness (QED) is 0.714. The predicted molar refractivity (Wildman–Crippen MR) is 65.9 cm³/mol. The topological polar surface area (TPSA) is 40.3 Å². The Bertz CT molecular complexity index is 469. The normalized spacial score (nSPS) is 14.9. The number of nitrogens with one attached hydrogen (secondary N) is 1. The maximum atomic E-state index is 12.1. The highest BCUT2D eigenvalue weighted by atomic mass is 16.6. The zero-order chi connectivity index (χ0) is 12.5. The van der Waals surface area contributed by atoms with E-state index in [-0.39, 0.29) is 5.97 Å². The van der Waals surface area contributed by atoms with Gasteiger partial charge >= 0.3 is 5.97 Å². The van der Waals surface area contributed by atoms with Crippen LogP contribution in [0.2, 0.25) is 0 Å². The van der Waals surface area contributed by atoms with Crippen molar-refractivity contribution in [3.8, 4) is 0 Å². The molecular weight excluding hydrogens is 214 g/mol. The summed E-state index contributed by atoms with van der Waals surface area (Å²) in [5, 5.41) is 0. The van der Waals surface area contributed by atoms with Gasteiger partial charge in [0.25, 0.3) is 5.71 Å². The van der Waals surface area contributed by atoms with Crippen molar-refractivity contribution in [2.24, 2.45) is 0 Å². The Labute approximate surface area is 102 Å². The second kappa shape index (κ2) is 4.32. The minimum atomic E-state index is -0.460. The van der Waals surface area contributed by atoms with E-state index in [9.17, 15) is 4.79 Å². The third-order valence-electron chi connectivity index (χ3n) is 2.59. The van der Waals surface area contributed by atoms with E-state index in [4.69, 9.17) is 4.74 Å². The molecule has 0 atom stereocenters. The van der Waals surface area contributed by atoms with Crippen LogP contribution < -0.4 is 4.99 Å². The summed E-state index contributed by atoms with van der Waals surface area (Å²) in [4.78, 5) is 15.2. The van der Waals surface area contributed by atoms with Crippen molar-refractivity contribution in [2.45, 2.75) is 32.8 Å². The van der Waals surface area contributed by atoms with E-state index in [2.05, 4.69) is 11.1 Å². The van der Waals surface area contributed by atoms with E-state index >= 15 is 0 Å². The van der Waals surface area contributed by atoms with Gasteiger partial charge in [0.2, 0.25) is 0 Å². The third-order valence-corrected chi connectivity index (χ3v) is 2.59. The Hall–Kier alpha value is -1.64. The number of carbonyl (C=O) groups excluding carboxylic acids is 1. The fourth-order valence-electron chi connectivity index (χ4n) is 1.91. The number of hydrogen-bond donors (Lipinski definition) is 1. The van der Waals surface area contributed by atoms with Gasteiger partial charge in [-0.2, -0.15) is 0 Å². The van der Waals surface area contributed by atoms with E-state index in [0.29, 0.717) is 5.71 Å². The Morgan fingerprint density at radius 3 is 2.71 bits per heavy atom. The molecule has 3 heteroatoms. The molecule has 1 N–H and O–H groups in total. The van der Waals surface area contributed by atoms with Gasteiger partial charge in [0.1, 0.15) is 12.1 Å². The van der Waals surface area contributed by atoms with Crippen molar-refractivity contribution in [3.63, 3.8) is 0 Å². The van der Waals surface area contributed by atoms with Crippen LogP contribution in [-0.2, 0) is 16.0 Å². The van der Waals surface area contributed by atoms with Crippen LogP contribution >= 0.6 is 0 Å². The van der Waals surface area contributed by atoms with Crippen molar-refractivity contribution in [2.75, 3.05) is 6.54 Å². The average molecular weight is 232 g/mol. The highest BCUT2D eigenvalue weighted by Gasteiger charge is 2.30. The van der Waals surface area contributed by atoms with Gasteiger partial charge in [-0.15, -0.1) is 0 Å². The lowest BCUT2D eigenvalue weighted by molar-refractivity contribution is -0.457. The molecule has 1 aromatic carbocycles. The Kier molecular flexibility index (Phi) is 3.01. The first-order valence-corrected chi connectivity index (χ1v) is 5.90. The number of benzene rings is 1. The van der Waals surface area contributed by atoms with E-state index in [1.54, 1.807) is 0 Å². The maximum absolute atomic E-state index is 12.1. The van der Waals surface area contributed by atoms with Gasteiger partial charge in [0, 0.05) is 6.42 Å². The van der Waals surface area contributed by atoms with Crippen LogP contribution in [0, 0.1) is 0 Å². The molecular formula is C14H18NO2+. The molecule has 0 saturated heterocycles. The number of ether oxygens (including phenoxy) is 1. The van der Waals surface area contributed by atoms with Crippen molar-refractivity contribution >= 4 is 11.7 Å². The third kappa shape index (κ3) is 2.73. The molecule has 1 aliphatic heterocycles. The van der Waals surface area contributed by atoms with Crippen LogP contribution in [0.4, 0.5) is 0 Å². The molecule has 0 amide bonds. The molecule has 0 spiro atoms. The van der Waals surface area contributed by atoms with Crippen LogP contribution in [0.1, 0.15) is 31.9 Å². The lowest BCUT2D eigenvalue weighted by Crippen LogP contribution is -2.77. The number of carbonyl (C=O) groups is 1. The lowest BCUT2D eigenvalue weighted by atomic mass is 9.97. The van der Waals surface area contributed by atoms with Crippen molar-refractivity contribution in [1.29, 1.82) is 0 Å². The Morgan fingerprint density at radius 2 is 2.00 bits per heavy atom. The van der Waals surface area contributed by atoms with Gasteiger partial charge in [0.05, 0.1) is 5.56 Å². The van der Waals surface area contributed by atoms with E-state index < -0.39 is 5.60 Å². The van der Waals surface area contributed by atoms with Crippen molar-refractivity contribution in [1.82, 2.24) is 0 Å². The fraction of sp³-hybridized carbons (Fsp3) is 0.429. The molecule has 1 aliphatic rings. The summed E-state index contributed by atoms with van der Waals surface area (Å²) in [6, 6.07) is 7.95. The predicted octanol–water partition coefficient (Wildman–Crippen LogP) is 0.454. The van der Waals surface area contributed by atoms with Gasteiger partial charge in [-0.25, -0.2) is 9.79 Å². The molecule has 0 fully saturated rings. The smallest absolute Gasteiger partial charge is 0.404 e. The molecule has 1 aromatic rings. The fourth-order valence-corrected chi connectivity index (χ4v) is 1.91. The largest absolute Gasteiger partial charge is 0.452 e. The van der Waals surface area contributed by atoms with Gasteiger partial charge in [-0.05, 0) is 32.4 Å². The van der Waals surface area contributed by atoms with Crippen LogP contribution in [0.25, 0.3) is 0 Å². The van der Waals surface area contributed by atoms with Gasteiger partial charge in [-0.3, -0.25) is 0 Å². The number of esters is 1. The summed E-state index contributed by atoms with van der Waals surface area (Å²) in [7, 11) is 0. The molecule has 2 rings (SSSR count). The standard InChI is InChI=1S/C14H17NO2/c1-14(2,3)17-13(16)12-11-7-5-4-6-10(11)8-9-15-12/h4-7H,8-9H2,1-3H3/p+1. The van der Waals surface area contributed by atoms with E-state index in [1.165, 1.54) is 5.56 Å². The molecule has 17 heavy (non-hydrogen) atoms. The zero-order valence-corrected chi connectivity index (χ0v) is 10.5. The first-order valence-electron chi connectivity index (χ1n) is 5.90. The summed E-state index contributed by atoms with van der Waals surface area (Å²) in [6.07, 6.45) is 0.947. The molecule has 90 valence electrons. The Morgan fingerprint density at radius 1 is 1.29 bits per heavy atom. The average Bonchev–Trinajstić information content (AvgIpc) is 2.26. The molecule has 1 heterocycles. The van der Waals surface area contributed by atoms with Crippen LogP contribution in [0.3, 0.4) is 0 Å². The number of hydrogen-bond acceptors (Lipinski definition) is 2. The SMILES string of the molecule is CC(C)(C)OC(=O)C1=[NH+]CCc2ccccc21. The summed E-state index contributed by atoms with van der Waals surface area (Å²) >= 11 is 0. The zero-order valence-electron chi connectivity index (χ0n) is 10.5.